The van der Waals surface area contributed by atoms with Crippen molar-refractivity contribution >= 4 is 29.9 Å². The molecule has 6 heteroatoms. The van der Waals surface area contributed by atoms with Gasteiger partial charge in [0.2, 0.25) is 11.8 Å². The number of carbonyl (C=O) groups is 2. The number of piperidine rings is 1. The van der Waals surface area contributed by atoms with Crippen LogP contribution in [0.25, 0.3) is 0 Å². The lowest BCUT2D eigenvalue weighted by Gasteiger charge is -2.32. The Labute approximate surface area is 157 Å². The van der Waals surface area contributed by atoms with E-state index in [2.05, 4.69) is 17.6 Å². The summed E-state index contributed by atoms with van der Waals surface area (Å²) in [5.74, 6) is 0.252. The minimum absolute atomic E-state index is 0. The summed E-state index contributed by atoms with van der Waals surface area (Å²) in [6, 6.07) is 7.90. The molecular weight excluding hydrogens is 338 g/mol. The molecule has 1 aromatic rings. The maximum Gasteiger partial charge on any atom is 0.227 e. The minimum atomic E-state index is -0.0200. The molecule has 0 aliphatic carbocycles. The van der Waals surface area contributed by atoms with Crippen LogP contribution in [0.1, 0.15) is 39.2 Å². The zero-order valence-corrected chi connectivity index (χ0v) is 16.2. The van der Waals surface area contributed by atoms with Gasteiger partial charge in [-0.2, -0.15) is 0 Å². The van der Waals surface area contributed by atoms with E-state index in [4.69, 9.17) is 0 Å². The topological polar surface area (TPSA) is 61.4 Å². The second-order valence-corrected chi connectivity index (χ2v) is 6.68. The van der Waals surface area contributed by atoms with E-state index in [1.165, 1.54) is 0 Å². The third-order valence-electron chi connectivity index (χ3n) is 4.51. The molecule has 1 aliphatic heterocycles. The lowest BCUT2D eigenvalue weighted by Crippen LogP contribution is -2.43. The van der Waals surface area contributed by atoms with Crippen molar-refractivity contribution < 1.29 is 9.59 Å². The van der Waals surface area contributed by atoms with Crippen LogP contribution < -0.4 is 10.6 Å². The maximum absolute atomic E-state index is 12.6. The normalized spacial score (nSPS) is 15.0. The molecule has 140 valence electrons. The SMILES string of the molecule is CCNCc1ccccc1NC(=O)C1CCN(C(=O)C(C)C)CC1.Cl. The fourth-order valence-electron chi connectivity index (χ4n) is 3.02. The number of likely N-dealkylation sites (tertiary alicyclic amines) is 1. The molecule has 2 N–H and O–H groups in total. The van der Waals surface area contributed by atoms with Crippen LogP contribution in [0.5, 0.6) is 0 Å². The lowest BCUT2D eigenvalue weighted by molar-refractivity contribution is -0.137. The number of para-hydroxylation sites is 1. The van der Waals surface area contributed by atoms with Crippen molar-refractivity contribution in [1.29, 1.82) is 0 Å². The fourth-order valence-corrected chi connectivity index (χ4v) is 3.02. The molecule has 0 spiro atoms. The average Bonchev–Trinajstić information content (AvgIpc) is 2.60. The summed E-state index contributed by atoms with van der Waals surface area (Å²) in [6.07, 6.45) is 1.47. The molecule has 0 unspecified atom stereocenters. The Kier molecular flexibility index (Phi) is 8.93. The molecule has 5 nitrogen and oxygen atoms in total. The molecule has 2 rings (SSSR count). The van der Waals surface area contributed by atoms with Crippen molar-refractivity contribution in [3.05, 3.63) is 29.8 Å². The Morgan fingerprint density at radius 1 is 1.20 bits per heavy atom. The van der Waals surface area contributed by atoms with Gasteiger partial charge in [0, 0.05) is 37.2 Å². The molecule has 0 bridgehead atoms. The second kappa shape index (κ2) is 10.4. The average molecular weight is 368 g/mol. The molecule has 1 heterocycles. The standard InChI is InChI=1S/C19H29N3O2.ClH/c1-4-20-13-16-7-5-6-8-17(16)21-18(23)15-9-11-22(12-10-15)19(24)14(2)3;/h5-8,14-15,20H,4,9-13H2,1-3H3,(H,21,23);1H. The van der Waals surface area contributed by atoms with Crippen LogP contribution in [0.2, 0.25) is 0 Å². The number of hydrogen-bond donors (Lipinski definition) is 2. The number of anilines is 1. The number of benzene rings is 1. The molecule has 1 aromatic carbocycles. The third-order valence-corrected chi connectivity index (χ3v) is 4.51. The van der Waals surface area contributed by atoms with E-state index in [0.29, 0.717) is 13.1 Å². The van der Waals surface area contributed by atoms with Gasteiger partial charge >= 0.3 is 0 Å². The van der Waals surface area contributed by atoms with Gasteiger partial charge in [-0.25, -0.2) is 0 Å². The van der Waals surface area contributed by atoms with Crippen molar-refractivity contribution in [2.75, 3.05) is 25.0 Å². The highest BCUT2D eigenvalue weighted by Crippen LogP contribution is 2.22. The van der Waals surface area contributed by atoms with E-state index in [9.17, 15) is 9.59 Å². The van der Waals surface area contributed by atoms with E-state index in [1.807, 2.05) is 43.0 Å². The first-order valence-electron chi connectivity index (χ1n) is 8.91. The Bertz CT molecular complexity index is 570. The van der Waals surface area contributed by atoms with Crippen LogP contribution in [0.15, 0.2) is 24.3 Å². The molecule has 1 saturated heterocycles. The number of nitrogens with zero attached hydrogens (tertiary/aromatic N) is 1. The van der Waals surface area contributed by atoms with Gasteiger partial charge in [-0.15, -0.1) is 12.4 Å². The first-order valence-corrected chi connectivity index (χ1v) is 8.91. The maximum atomic E-state index is 12.6. The summed E-state index contributed by atoms with van der Waals surface area (Å²) in [5, 5.41) is 6.36. The Morgan fingerprint density at radius 3 is 2.44 bits per heavy atom. The molecule has 2 amide bonds. The highest BCUT2D eigenvalue weighted by atomic mass is 35.5. The Balaban J connectivity index is 0.00000312. The first kappa shape index (κ1) is 21.5. The fraction of sp³-hybridized carbons (Fsp3) is 0.579. The zero-order valence-electron chi connectivity index (χ0n) is 15.4. The predicted octanol–water partition coefficient (Wildman–Crippen LogP) is 3.05. The van der Waals surface area contributed by atoms with Crippen molar-refractivity contribution in [3.63, 3.8) is 0 Å². The Hall–Kier alpha value is -1.59. The van der Waals surface area contributed by atoms with Crippen molar-refractivity contribution in [1.82, 2.24) is 10.2 Å². The quantitative estimate of drug-likeness (QED) is 0.812. The van der Waals surface area contributed by atoms with Gasteiger partial charge < -0.3 is 15.5 Å². The van der Waals surface area contributed by atoms with Crippen LogP contribution in [0.3, 0.4) is 0 Å². The van der Waals surface area contributed by atoms with E-state index < -0.39 is 0 Å². The van der Waals surface area contributed by atoms with Crippen molar-refractivity contribution in [2.45, 2.75) is 40.2 Å². The van der Waals surface area contributed by atoms with Crippen LogP contribution in [0.4, 0.5) is 5.69 Å². The monoisotopic (exact) mass is 367 g/mol. The van der Waals surface area contributed by atoms with Crippen molar-refractivity contribution in [2.24, 2.45) is 11.8 Å². The van der Waals surface area contributed by atoms with E-state index in [0.717, 1.165) is 37.2 Å². The van der Waals surface area contributed by atoms with Crippen molar-refractivity contribution in [3.8, 4) is 0 Å². The molecule has 0 atom stereocenters. The van der Waals surface area contributed by atoms with Crippen LogP contribution in [-0.2, 0) is 16.1 Å². The number of amides is 2. The largest absolute Gasteiger partial charge is 0.342 e. The smallest absolute Gasteiger partial charge is 0.227 e. The first-order chi connectivity index (χ1) is 11.5. The van der Waals surface area contributed by atoms with Crippen LogP contribution in [0, 0.1) is 11.8 Å². The van der Waals surface area contributed by atoms with Gasteiger partial charge in [0.1, 0.15) is 0 Å². The number of rotatable bonds is 6. The van der Waals surface area contributed by atoms with Crippen LogP contribution >= 0.6 is 12.4 Å². The molecule has 1 aliphatic rings. The van der Waals surface area contributed by atoms with Gasteiger partial charge in [0.25, 0.3) is 0 Å². The van der Waals surface area contributed by atoms with E-state index in [1.54, 1.807) is 0 Å². The zero-order chi connectivity index (χ0) is 17.5. The van der Waals surface area contributed by atoms with Crippen LogP contribution in [-0.4, -0.2) is 36.3 Å². The Morgan fingerprint density at radius 2 is 1.84 bits per heavy atom. The molecular formula is C19H30ClN3O2. The summed E-state index contributed by atoms with van der Waals surface area (Å²) in [6.45, 7) is 8.89. The molecule has 1 fully saturated rings. The lowest BCUT2D eigenvalue weighted by atomic mass is 9.95. The summed E-state index contributed by atoms with van der Waals surface area (Å²) < 4.78 is 0. The molecule has 0 saturated carbocycles. The van der Waals surface area contributed by atoms with Gasteiger partial charge in [0.15, 0.2) is 0 Å². The minimum Gasteiger partial charge on any atom is -0.342 e. The third kappa shape index (κ3) is 6.01. The van der Waals surface area contributed by atoms with Gasteiger partial charge in [-0.1, -0.05) is 39.0 Å². The summed E-state index contributed by atoms with van der Waals surface area (Å²) in [7, 11) is 0. The second-order valence-electron chi connectivity index (χ2n) is 6.68. The van der Waals surface area contributed by atoms with Gasteiger partial charge in [-0.3, -0.25) is 9.59 Å². The highest BCUT2D eigenvalue weighted by molar-refractivity contribution is 5.93. The predicted molar refractivity (Wildman–Crippen MR) is 104 cm³/mol. The summed E-state index contributed by atoms with van der Waals surface area (Å²) >= 11 is 0. The van der Waals surface area contributed by atoms with E-state index in [-0.39, 0.29) is 36.1 Å². The molecule has 25 heavy (non-hydrogen) atoms. The number of carbonyl (C=O) groups excluding carboxylic acids is 2. The van der Waals surface area contributed by atoms with Gasteiger partial charge in [0.05, 0.1) is 0 Å². The number of nitrogens with one attached hydrogen (secondary N) is 2. The highest BCUT2D eigenvalue weighted by Gasteiger charge is 2.28. The summed E-state index contributed by atoms with van der Waals surface area (Å²) in [5.41, 5.74) is 1.98. The summed E-state index contributed by atoms with van der Waals surface area (Å²) in [4.78, 5) is 26.5. The van der Waals surface area contributed by atoms with Gasteiger partial charge in [-0.05, 0) is 31.0 Å². The number of halogens is 1. The van der Waals surface area contributed by atoms with E-state index >= 15 is 0 Å². The number of hydrogen-bond acceptors (Lipinski definition) is 3. The molecule has 0 aromatic heterocycles. The molecule has 0 radical (unpaired) electrons.